The highest BCUT2D eigenvalue weighted by Crippen LogP contribution is 2.24. The Morgan fingerprint density at radius 1 is 1.44 bits per heavy atom. The molecule has 1 aromatic heterocycles. The fourth-order valence-corrected chi connectivity index (χ4v) is 3.12. The van der Waals surface area contributed by atoms with Gasteiger partial charge in [0.25, 0.3) is 0 Å². The smallest absolute Gasteiger partial charge is 0.219 e. The lowest BCUT2D eigenvalue weighted by Gasteiger charge is -2.20. The fraction of sp³-hybridized carbons (Fsp3) is 0.600. The molecule has 0 unspecified atom stereocenters. The molecule has 1 fully saturated rings. The summed E-state index contributed by atoms with van der Waals surface area (Å²) in [5.41, 5.74) is 0. The molecule has 0 aromatic carbocycles. The molecule has 0 bridgehead atoms. The molecule has 0 radical (unpaired) electrons. The monoisotopic (exact) mass is 303 g/mol. The van der Waals surface area contributed by atoms with Crippen LogP contribution in [-0.2, 0) is 4.79 Å². The molecule has 1 aliphatic rings. The minimum atomic E-state index is 0.169. The van der Waals surface area contributed by atoms with Crippen molar-refractivity contribution in [3.8, 4) is 0 Å². The first kappa shape index (κ1) is 11.9. The van der Waals surface area contributed by atoms with Gasteiger partial charge < -0.3 is 9.80 Å². The molecule has 0 aliphatic carbocycles. The average molecular weight is 304 g/mol. The van der Waals surface area contributed by atoms with E-state index in [0.717, 1.165) is 42.3 Å². The topological polar surface area (TPSA) is 36.4 Å². The minimum absolute atomic E-state index is 0.169. The predicted octanol–water partition coefficient (Wildman–Crippen LogP) is 1.96. The molecule has 6 heteroatoms. The Morgan fingerprint density at radius 3 is 2.88 bits per heavy atom. The number of nitrogens with zero attached hydrogens (tertiary/aromatic N) is 3. The van der Waals surface area contributed by atoms with Crippen LogP contribution < -0.4 is 4.90 Å². The number of carbonyl (C=O) groups is 1. The first-order chi connectivity index (χ1) is 7.66. The Kier molecular flexibility index (Phi) is 3.81. The molecule has 0 atom stereocenters. The Labute approximate surface area is 107 Å². The number of anilines is 1. The number of carbonyl (C=O) groups excluding carboxylic acids is 1. The van der Waals surface area contributed by atoms with E-state index in [1.165, 1.54) is 0 Å². The van der Waals surface area contributed by atoms with E-state index >= 15 is 0 Å². The summed E-state index contributed by atoms with van der Waals surface area (Å²) >= 11 is 5.00. The van der Waals surface area contributed by atoms with Crippen LogP contribution in [0, 0.1) is 0 Å². The summed E-state index contributed by atoms with van der Waals surface area (Å²) in [6, 6.07) is 0. The van der Waals surface area contributed by atoms with Crippen LogP contribution in [0.15, 0.2) is 9.98 Å². The predicted molar refractivity (Wildman–Crippen MR) is 68.9 cm³/mol. The third-order valence-electron chi connectivity index (χ3n) is 2.68. The highest BCUT2D eigenvalue weighted by atomic mass is 79.9. The van der Waals surface area contributed by atoms with Crippen molar-refractivity contribution in [2.24, 2.45) is 0 Å². The Balaban J connectivity index is 2.01. The molecule has 2 rings (SSSR count). The summed E-state index contributed by atoms with van der Waals surface area (Å²) in [6.45, 7) is 5.14. The lowest BCUT2D eigenvalue weighted by Crippen LogP contribution is -2.33. The van der Waals surface area contributed by atoms with E-state index in [9.17, 15) is 4.79 Å². The van der Waals surface area contributed by atoms with Gasteiger partial charge in [-0.05, 0) is 22.4 Å². The van der Waals surface area contributed by atoms with Gasteiger partial charge in [-0.15, -0.1) is 11.3 Å². The quantitative estimate of drug-likeness (QED) is 0.796. The fourth-order valence-electron chi connectivity index (χ4n) is 1.81. The van der Waals surface area contributed by atoms with Gasteiger partial charge in [0.15, 0.2) is 5.13 Å². The second-order valence-corrected chi connectivity index (χ2v) is 5.45. The second-order valence-electron chi connectivity index (χ2n) is 3.80. The molecule has 88 valence electrons. The minimum Gasteiger partial charge on any atom is -0.346 e. The maximum absolute atomic E-state index is 11.3. The third kappa shape index (κ3) is 2.74. The SMILES string of the molecule is CC(=O)N1CCCN(c2nc(Br)cs2)CC1. The summed E-state index contributed by atoms with van der Waals surface area (Å²) < 4.78 is 0.889. The Bertz CT molecular complexity index is 382. The first-order valence-electron chi connectivity index (χ1n) is 5.28. The Morgan fingerprint density at radius 2 is 2.25 bits per heavy atom. The summed E-state index contributed by atoms with van der Waals surface area (Å²) in [4.78, 5) is 19.8. The Hall–Kier alpha value is -0.620. The molecule has 4 nitrogen and oxygen atoms in total. The van der Waals surface area contributed by atoms with Gasteiger partial charge in [-0.1, -0.05) is 0 Å². The average Bonchev–Trinajstić information content (AvgIpc) is 2.54. The van der Waals surface area contributed by atoms with Crippen molar-refractivity contribution in [3.05, 3.63) is 9.98 Å². The highest BCUT2D eigenvalue weighted by Gasteiger charge is 2.18. The van der Waals surface area contributed by atoms with E-state index < -0.39 is 0 Å². The van der Waals surface area contributed by atoms with Crippen molar-refractivity contribution >= 4 is 38.3 Å². The van der Waals surface area contributed by atoms with Gasteiger partial charge in [0, 0.05) is 38.5 Å². The van der Waals surface area contributed by atoms with Gasteiger partial charge in [0.1, 0.15) is 4.60 Å². The van der Waals surface area contributed by atoms with E-state index in [1.54, 1.807) is 18.3 Å². The molecular weight excluding hydrogens is 290 g/mol. The lowest BCUT2D eigenvalue weighted by atomic mass is 10.4. The molecule has 1 aromatic rings. The van der Waals surface area contributed by atoms with Crippen LogP contribution in [-0.4, -0.2) is 42.0 Å². The molecular formula is C10H14BrN3OS. The third-order valence-corrected chi connectivity index (χ3v) is 4.29. The molecule has 16 heavy (non-hydrogen) atoms. The van der Waals surface area contributed by atoms with Gasteiger partial charge in [-0.2, -0.15) is 0 Å². The summed E-state index contributed by atoms with van der Waals surface area (Å²) in [7, 11) is 0. The number of hydrogen-bond acceptors (Lipinski definition) is 4. The lowest BCUT2D eigenvalue weighted by molar-refractivity contribution is -0.128. The van der Waals surface area contributed by atoms with Gasteiger partial charge in [0.2, 0.25) is 5.91 Å². The number of halogens is 1. The van der Waals surface area contributed by atoms with E-state index in [2.05, 4.69) is 25.8 Å². The zero-order chi connectivity index (χ0) is 11.5. The molecule has 1 amide bonds. The number of hydrogen-bond donors (Lipinski definition) is 0. The van der Waals surface area contributed by atoms with Crippen LogP contribution in [0.4, 0.5) is 5.13 Å². The normalized spacial score (nSPS) is 17.4. The zero-order valence-electron chi connectivity index (χ0n) is 9.15. The molecule has 0 saturated carbocycles. The first-order valence-corrected chi connectivity index (χ1v) is 6.95. The van der Waals surface area contributed by atoms with Crippen LogP contribution in [0.25, 0.3) is 0 Å². The number of thiazole rings is 1. The molecule has 1 aliphatic heterocycles. The molecule has 0 spiro atoms. The second kappa shape index (κ2) is 5.14. The number of aromatic nitrogens is 1. The van der Waals surface area contributed by atoms with Crippen LogP contribution in [0.3, 0.4) is 0 Å². The molecule has 1 saturated heterocycles. The van der Waals surface area contributed by atoms with Gasteiger partial charge in [0.05, 0.1) is 0 Å². The van der Waals surface area contributed by atoms with Crippen LogP contribution in [0.2, 0.25) is 0 Å². The van der Waals surface area contributed by atoms with Crippen molar-refractivity contribution in [3.63, 3.8) is 0 Å². The van der Waals surface area contributed by atoms with Crippen molar-refractivity contribution in [2.45, 2.75) is 13.3 Å². The maximum atomic E-state index is 11.3. The van der Waals surface area contributed by atoms with E-state index in [0.29, 0.717) is 0 Å². The van der Waals surface area contributed by atoms with E-state index in [-0.39, 0.29) is 5.91 Å². The van der Waals surface area contributed by atoms with E-state index in [1.807, 2.05) is 10.3 Å². The van der Waals surface area contributed by atoms with Crippen LogP contribution >= 0.6 is 27.3 Å². The maximum Gasteiger partial charge on any atom is 0.219 e. The largest absolute Gasteiger partial charge is 0.346 e. The molecule has 2 heterocycles. The van der Waals surface area contributed by atoms with Gasteiger partial charge >= 0.3 is 0 Å². The van der Waals surface area contributed by atoms with Crippen molar-refractivity contribution in [2.75, 3.05) is 31.1 Å². The van der Waals surface area contributed by atoms with Crippen molar-refractivity contribution in [1.82, 2.24) is 9.88 Å². The summed E-state index contributed by atoms with van der Waals surface area (Å²) in [5.74, 6) is 0.169. The standard InChI is InChI=1S/C10H14BrN3OS/c1-8(15)13-3-2-4-14(6-5-13)10-12-9(11)7-16-10/h7H,2-6H2,1H3. The van der Waals surface area contributed by atoms with Crippen molar-refractivity contribution < 1.29 is 4.79 Å². The summed E-state index contributed by atoms with van der Waals surface area (Å²) in [6.07, 6.45) is 1.01. The van der Waals surface area contributed by atoms with Gasteiger partial charge in [-0.3, -0.25) is 4.79 Å². The highest BCUT2D eigenvalue weighted by molar-refractivity contribution is 9.10. The number of amides is 1. The summed E-state index contributed by atoms with van der Waals surface area (Å²) in [5, 5.41) is 3.03. The van der Waals surface area contributed by atoms with Crippen LogP contribution in [0.5, 0.6) is 0 Å². The molecule has 0 N–H and O–H groups in total. The van der Waals surface area contributed by atoms with Crippen molar-refractivity contribution in [1.29, 1.82) is 0 Å². The van der Waals surface area contributed by atoms with E-state index in [4.69, 9.17) is 0 Å². The van der Waals surface area contributed by atoms with Gasteiger partial charge in [-0.25, -0.2) is 4.98 Å². The number of rotatable bonds is 1. The zero-order valence-corrected chi connectivity index (χ0v) is 11.6. The van der Waals surface area contributed by atoms with Crippen LogP contribution in [0.1, 0.15) is 13.3 Å².